The lowest BCUT2D eigenvalue weighted by atomic mass is 9.82. The quantitative estimate of drug-likeness (QED) is 0.301. The highest BCUT2D eigenvalue weighted by molar-refractivity contribution is 5.94. The summed E-state index contributed by atoms with van der Waals surface area (Å²) >= 11 is 0. The molecule has 6 rings (SSSR count). The van der Waals surface area contributed by atoms with Crippen LogP contribution in [-0.2, 0) is 4.74 Å². The fourth-order valence-corrected chi connectivity index (χ4v) is 5.93. The summed E-state index contributed by atoms with van der Waals surface area (Å²) < 4.78 is 84.3. The van der Waals surface area contributed by atoms with Crippen LogP contribution in [0, 0.1) is 5.92 Å². The number of amides is 3. The van der Waals surface area contributed by atoms with E-state index in [1.54, 1.807) is 18.2 Å². The summed E-state index contributed by atoms with van der Waals surface area (Å²) in [5.74, 6) is -3.44. The average molecular weight is 612 g/mol. The number of fused-ring (bicyclic) bond motifs is 1. The van der Waals surface area contributed by atoms with Crippen molar-refractivity contribution in [2.45, 2.75) is 74.7 Å². The van der Waals surface area contributed by atoms with Gasteiger partial charge in [-0.3, -0.25) is 4.79 Å². The minimum absolute atomic E-state index is 0.0792. The molecule has 1 saturated heterocycles. The molecule has 0 spiro atoms. The Balaban J connectivity index is 1.29. The van der Waals surface area contributed by atoms with Crippen LogP contribution in [0.15, 0.2) is 33.4 Å². The number of methoxy groups -OCH3 is 1. The van der Waals surface area contributed by atoms with Gasteiger partial charge in [0.15, 0.2) is 11.3 Å². The molecule has 3 amide bonds. The molecule has 0 bridgehead atoms. The van der Waals surface area contributed by atoms with Crippen LogP contribution in [0.25, 0.3) is 11.1 Å². The lowest BCUT2D eigenvalue weighted by Gasteiger charge is -2.32. The van der Waals surface area contributed by atoms with Crippen molar-refractivity contribution < 1.29 is 45.2 Å². The number of carbonyl (C=O) groups is 2. The maximum atomic E-state index is 14.0. The molecule has 43 heavy (non-hydrogen) atoms. The molecule has 3 atom stereocenters. The topological polar surface area (TPSA) is 123 Å². The predicted octanol–water partition coefficient (Wildman–Crippen LogP) is 5.63. The van der Waals surface area contributed by atoms with Crippen LogP contribution in [0.3, 0.4) is 0 Å². The first kappa shape index (κ1) is 29.3. The van der Waals surface area contributed by atoms with Crippen molar-refractivity contribution >= 4 is 23.0 Å². The van der Waals surface area contributed by atoms with Gasteiger partial charge in [-0.05, 0) is 55.2 Å². The smallest absolute Gasteiger partial charge is 0.410 e. The molecule has 3 aromatic rings. The number of alkyl halides is 5. The lowest BCUT2D eigenvalue weighted by molar-refractivity contribution is -0.150. The van der Waals surface area contributed by atoms with Crippen LogP contribution in [-0.4, -0.2) is 65.4 Å². The number of oxazole rings is 1. The zero-order valence-corrected chi connectivity index (χ0v) is 23.1. The largest absolute Gasteiger partial charge is 0.438 e. The number of hydrogen-bond donors (Lipinski definition) is 2. The second-order valence-electron chi connectivity index (χ2n) is 11.5. The van der Waals surface area contributed by atoms with Gasteiger partial charge in [-0.25, -0.2) is 18.6 Å². The fourth-order valence-electron chi connectivity index (χ4n) is 5.93. The average Bonchev–Trinajstić information content (AvgIpc) is 3.33. The monoisotopic (exact) mass is 611 g/mol. The molecular formula is C28H30F5N5O5. The molecular weight excluding hydrogens is 581 g/mol. The normalized spacial score (nSPS) is 22.5. The Kier molecular flexibility index (Phi) is 7.55. The Morgan fingerprint density at radius 3 is 2.63 bits per heavy atom. The molecule has 3 unspecified atom stereocenters. The van der Waals surface area contributed by atoms with Gasteiger partial charge < -0.3 is 29.2 Å². The maximum Gasteiger partial charge on any atom is 0.410 e. The van der Waals surface area contributed by atoms with Gasteiger partial charge in [0, 0.05) is 25.5 Å². The Bertz CT molecular complexity index is 1490. The van der Waals surface area contributed by atoms with E-state index in [-0.39, 0.29) is 49.8 Å². The molecule has 2 saturated carbocycles. The molecule has 15 heteroatoms. The van der Waals surface area contributed by atoms with Gasteiger partial charge >= 0.3 is 12.2 Å². The molecule has 3 fully saturated rings. The number of carbonyl (C=O) groups excluding carboxylic acids is 2. The zero-order chi connectivity index (χ0) is 30.5. The van der Waals surface area contributed by atoms with Crippen LogP contribution in [0.1, 0.15) is 84.0 Å². The van der Waals surface area contributed by atoms with E-state index in [0.29, 0.717) is 22.2 Å². The number of benzene rings is 1. The highest BCUT2D eigenvalue weighted by Gasteiger charge is 2.48. The van der Waals surface area contributed by atoms with E-state index in [1.165, 1.54) is 13.4 Å². The Labute approximate surface area is 242 Å². The van der Waals surface area contributed by atoms with E-state index in [4.69, 9.17) is 13.7 Å². The summed E-state index contributed by atoms with van der Waals surface area (Å²) in [7, 11) is 1.37. The van der Waals surface area contributed by atoms with E-state index in [9.17, 15) is 31.5 Å². The van der Waals surface area contributed by atoms with Gasteiger partial charge in [0.1, 0.15) is 23.9 Å². The number of ether oxygens (including phenoxy) is 1. The standard InChI is InChI=1S/C28H30F5N5O5/c1-41-13-19(38-11-21(28(31,32)33)35-26(38)40)16-4-5-20-18(10-16)34-25(43-20)22(15-6-8-27(29,30)9-7-15)36-24(39)23-17(12-42-37-23)14-2-3-14/h4-5,10,12,14-15,19,21-22H,2-3,6-9,11,13H2,1H3,(H,35,40)(H,36,39). The highest BCUT2D eigenvalue weighted by atomic mass is 19.4. The van der Waals surface area contributed by atoms with E-state index >= 15 is 0 Å². The minimum Gasteiger partial charge on any atom is -0.438 e. The summed E-state index contributed by atoms with van der Waals surface area (Å²) in [6.45, 7) is -0.673. The number of halogens is 5. The van der Waals surface area contributed by atoms with E-state index in [0.717, 1.165) is 17.7 Å². The van der Waals surface area contributed by atoms with Crippen LogP contribution < -0.4 is 10.6 Å². The Morgan fingerprint density at radius 1 is 1.23 bits per heavy atom. The van der Waals surface area contributed by atoms with Crippen molar-refractivity contribution in [2.24, 2.45) is 5.92 Å². The molecule has 232 valence electrons. The molecule has 2 aromatic heterocycles. The fraction of sp³-hybridized carbons (Fsp3) is 0.571. The number of urea groups is 1. The summed E-state index contributed by atoms with van der Waals surface area (Å²) in [5.41, 5.74) is 1.92. The summed E-state index contributed by atoms with van der Waals surface area (Å²) in [6.07, 6.45) is -1.79. The number of hydrogen-bond acceptors (Lipinski definition) is 7. The van der Waals surface area contributed by atoms with Gasteiger partial charge in [0.2, 0.25) is 11.8 Å². The van der Waals surface area contributed by atoms with E-state index in [1.807, 2.05) is 5.32 Å². The third kappa shape index (κ3) is 6.04. The van der Waals surface area contributed by atoms with Gasteiger partial charge in [-0.1, -0.05) is 11.2 Å². The van der Waals surface area contributed by atoms with Crippen molar-refractivity contribution in [3.05, 3.63) is 47.2 Å². The number of aromatic nitrogens is 2. The zero-order valence-electron chi connectivity index (χ0n) is 23.1. The Morgan fingerprint density at radius 2 is 1.98 bits per heavy atom. The summed E-state index contributed by atoms with van der Waals surface area (Å²) in [6, 6.07) is 0.147. The third-order valence-corrected chi connectivity index (χ3v) is 8.46. The van der Waals surface area contributed by atoms with Gasteiger partial charge in [-0.2, -0.15) is 13.2 Å². The SMILES string of the molecule is COCC(c1ccc2oc(C(NC(=O)c3nocc3C3CC3)C3CCC(F)(F)CC3)nc2c1)N1CC(C(F)(F)F)NC1=O. The maximum absolute atomic E-state index is 14.0. The van der Waals surface area contributed by atoms with Crippen molar-refractivity contribution in [3.63, 3.8) is 0 Å². The molecule has 3 aliphatic rings. The van der Waals surface area contributed by atoms with Crippen molar-refractivity contribution in [2.75, 3.05) is 20.3 Å². The first-order valence-electron chi connectivity index (χ1n) is 14.1. The third-order valence-electron chi connectivity index (χ3n) is 8.46. The predicted molar refractivity (Wildman–Crippen MR) is 139 cm³/mol. The molecule has 2 aliphatic carbocycles. The van der Waals surface area contributed by atoms with E-state index < -0.39 is 54.6 Å². The van der Waals surface area contributed by atoms with Crippen LogP contribution >= 0.6 is 0 Å². The molecule has 3 heterocycles. The van der Waals surface area contributed by atoms with Gasteiger partial charge in [0.25, 0.3) is 5.91 Å². The van der Waals surface area contributed by atoms with Gasteiger partial charge in [0.05, 0.1) is 19.2 Å². The van der Waals surface area contributed by atoms with Crippen LogP contribution in [0.5, 0.6) is 0 Å². The lowest BCUT2D eigenvalue weighted by Crippen LogP contribution is -2.40. The highest BCUT2D eigenvalue weighted by Crippen LogP contribution is 2.44. The van der Waals surface area contributed by atoms with Crippen LogP contribution in [0.2, 0.25) is 0 Å². The second-order valence-corrected chi connectivity index (χ2v) is 11.5. The van der Waals surface area contributed by atoms with Crippen LogP contribution in [0.4, 0.5) is 26.7 Å². The minimum atomic E-state index is -4.61. The molecule has 2 N–H and O–H groups in total. The first-order chi connectivity index (χ1) is 20.4. The molecule has 1 aromatic carbocycles. The Hall–Kier alpha value is -3.75. The van der Waals surface area contributed by atoms with Crippen molar-refractivity contribution in [1.29, 1.82) is 0 Å². The van der Waals surface area contributed by atoms with Crippen molar-refractivity contribution in [1.82, 2.24) is 25.7 Å². The molecule has 0 radical (unpaired) electrons. The molecule has 1 aliphatic heterocycles. The number of nitrogens with one attached hydrogen (secondary N) is 2. The summed E-state index contributed by atoms with van der Waals surface area (Å²) in [4.78, 5) is 31.5. The van der Waals surface area contributed by atoms with Crippen molar-refractivity contribution in [3.8, 4) is 0 Å². The van der Waals surface area contributed by atoms with E-state index in [2.05, 4.69) is 15.5 Å². The number of rotatable bonds is 9. The first-order valence-corrected chi connectivity index (χ1v) is 14.1. The molecule has 10 nitrogen and oxygen atoms in total. The second kappa shape index (κ2) is 11.1. The number of nitrogens with zero attached hydrogens (tertiary/aromatic N) is 3. The summed E-state index contributed by atoms with van der Waals surface area (Å²) in [5, 5.41) is 8.73. The van der Waals surface area contributed by atoms with Gasteiger partial charge in [-0.15, -0.1) is 0 Å².